The van der Waals surface area contributed by atoms with Gasteiger partial charge in [0.2, 0.25) is 5.88 Å². The standard InChI is InChI=1S/C9H6F5NO4/c10-7(11)6-3(2-5(16)17)1-4(15-8(6)18)19-9(12,13)14/h1,7H,2H2,(H,15,18)(H,16,17). The Morgan fingerprint density at radius 3 is 2.42 bits per heavy atom. The normalized spacial score (nSPS) is 11.7. The molecule has 1 aromatic heterocycles. The first-order valence-corrected chi connectivity index (χ1v) is 4.62. The number of carbonyl (C=O) groups is 1. The first-order valence-electron chi connectivity index (χ1n) is 4.62. The number of alkyl halides is 5. The van der Waals surface area contributed by atoms with Crippen LogP contribution in [-0.4, -0.2) is 22.4 Å². The number of hydrogen-bond donors (Lipinski definition) is 2. The van der Waals surface area contributed by atoms with Crippen LogP contribution in [0.5, 0.6) is 5.88 Å². The van der Waals surface area contributed by atoms with Crippen molar-refractivity contribution in [1.29, 1.82) is 0 Å². The predicted octanol–water partition coefficient (Wildman–Crippen LogP) is 1.84. The number of aromatic amines is 1. The maximum absolute atomic E-state index is 12.5. The highest BCUT2D eigenvalue weighted by Gasteiger charge is 2.32. The quantitative estimate of drug-likeness (QED) is 0.828. The van der Waals surface area contributed by atoms with Gasteiger partial charge in [-0.15, -0.1) is 13.2 Å². The fraction of sp³-hybridized carbons (Fsp3) is 0.333. The highest BCUT2D eigenvalue weighted by Crippen LogP contribution is 2.25. The fourth-order valence-corrected chi connectivity index (χ4v) is 1.33. The summed E-state index contributed by atoms with van der Waals surface area (Å²) in [6.07, 6.45) is -9.49. The largest absolute Gasteiger partial charge is 0.574 e. The lowest BCUT2D eigenvalue weighted by molar-refractivity contribution is -0.276. The number of H-pyrrole nitrogens is 1. The predicted molar refractivity (Wildman–Crippen MR) is 50.0 cm³/mol. The number of ether oxygens (including phenoxy) is 1. The number of carboxylic acid groups (broad SMARTS) is 1. The summed E-state index contributed by atoms with van der Waals surface area (Å²) < 4.78 is 64.2. The molecule has 0 aliphatic rings. The minimum atomic E-state index is -5.14. The van der Waals surface area contributed by atoms with Gasteiger partial charge in [-0.25, -0.2) is 8.78 Å². The van der Waals surface area contributed by atoms with Crippen molar-refractivity contribution in [2.75, 3.05) is 0 Å². The molecule has 0 aliphatic heterocycles. The van der Waals surface area contributed by atoms with Crippen LogP contribution in [0.2, 0.25) is 0 Å². The molecule has 0 saturated carbocycles. The molecule has 0 atom stereocenters. The summed E-state index contributed by atoms with van der Waals surface area (Å²) in [5.74, 6) is -2.73. The molecule has 0 saturated heterocycles. The van der Waals surface area contributed by atoms with E-state index in [-0.39, 0.29) is 0 Å². The molecule has 1 aromatic rings. The molecule has 0 fully saturated rings. The van der Waals surface area contributed by atoms with Gasteiger partial charge in [-0.05, 0) is 5.56 Å². The summed E-state index contributed by atoms with van der Waals surface area (Å²) in [5.41, 5.74) is -3.48. The Balaban J connectivity index is 3.30. The van der Waals surface area contributed by atoms with Gasteiger partial charge < -0.3 is 9.84 Å². The van der Waals surface area contributed by atoms with Crippen molar-refractivity contribution in [3.8, 4) is 5.88 Å². The fourth-order valence-electron chi connectivity index (χ4n) is 1.33. The average Bonchev–Trinajstić information content (AvgIpc) is 2.10. The molecular weight excluding hydrogens is 281 g/mol. The smallest absolute Gasteiger partial charge is 0.481 e. The van der Waals surface area contributed by atoms with Gasteiger partial charge >= 0.3 is 12.3 Å². The van der Waals surface area contributed by atoms with Gasteiger partial charge in [0, 0.05) is 6.07 Å². The second kappa shape index (κ2) is 5.24. The summed E-state index contributed by atoms with van der Waals surface area (Å²) in [4.78, 5) is 23.1. The Morgan fingerprint density at radius 2 is 2.00 bits per heavy atom. The third-order valence-electron chi connectivity index (χ3n) is 1.92. The summed E-state index contributed by atoms with van der Waals surface area (Å²) in [6, 6.07) is 0.407. The maximum atomic E-state index is 12.5. The van der Waals surface area contributed by atoms with Crippen molar-refractivity contribution in [2.45, 2.75) is 19.2 Å². The summed E-state index contributed by atoms with van der Waals surface area (Å²) >= 11 is 0. The lowest BCUT2D eigenvalue weighted by Crippen LogP contribution is -2.23. The zero-order valence-electron chi connectivity index (χ0n) is 8.92. The number of halogens is 5. The monoisotopic (exact) mass is 287 g/mol. The number of aromatic nitrogens is 1. The number of aliphatic carboxylic acids is 1. The average molecular weight is 287 g/mol. The van der Waals surface area contributed by atoms with Crippen molar-refractivity contribution in [2.24, 2.45) is 0 Å². The van der Waals surface area contributed by atoms with E-state index in [1.807, 2.05) is 0 Å². The number of pyridine rings is 1. The molecule has 5 nitrogen and oxygen atoms in total. The van der Waals surface area contributed by atoms with E-state index in [9.17, 15) is 31.5 Å². The van der Waals surface area contributed by atoms with Crippen LogP contribution in [0.1, 0.15) is 17.6 Å². The molecule has 2 N–H and O–H groups in total. The van der Waals surface area contributed by atoms with Crippen molar-refractivity contribution in [3.05, 3.63) is 27.5 Å². The van der Waals surface area contributed by atoms with Gasteiger partial charge in [0.1, 0.15) is 0 Å². The molecule has 10 heteroatoms. The number of rotatable bonds is 4. The van der Waals surface area contributed by atoms with Crippen LogP contribution in [-0.2, 0) is 11.2 Å². The zero-order chi connectivity index (χ0) is 14.8. The van der Waals surface area contributed by atoms with Gasteiger partial charge in [0.05, 0.1) is 12.0 Å². The molecule has 0 spiro atoms. The molecule has 19 heavy (non-hydrogen) atoms. The molecule has 106 valence electrons. The van der Waals surface area contributed by atoms with Gasteiger partial charge in [-0.2, -0.15) is 0 Å². The molecular formula is C9H6F5NO4. The highest BCUT2D eigenvalue weighted by atomic mass is 19.4. The van der Waals surface area contributed by atoms with E-state index in [0.717, 1.165) is 0 Å². The second-order valence-electron chi connectivity index (χ2n) is 3.32. The molecule has 0 unspecified atom stereocenters. The van der Waals surface area contributed by atoms with E-state index >= 15 is 0 Å². The van der Waals surface area contributed by atoms with E-state index in [4.69, 9.17) is 5.11 Å². The van der Waals surface area contributed by atoms with E-state index in [1.54, 1.807) is 0 Å². The Morgan fingerprint density at radius 1 is 1.42 bits per heavy atom. The minimum absolute atomic E-state index is 0.407. The van der Waals surface area contributed by atoms with E-state index in [1.165, 1.54) is 4.98 Å². The Hall–Kier alpha value is -2.13. The van der Waals surface area contributed by atoms with Crippen molar-refractivity contribution >= 4 is 5.97 Å². The van der Waals surface area contributed by atoms with Gasteiger partial charge in [0.25, 0.3) is 12.0 Å². The Labute approximate surface area is 101 Å². The molecule has 0 aromatic carbocycles. The third kappa shape index (κ3) is 4.23. The molecule has 0 radical (unpaired) electrons. The van der Waals surface area contributed by atoms with Crippen LogP contribution >= 0.6 is 0 Å². The van der Waals surface area contributed by atoms with Gasteiger partial charge in [-0.3, -0.25) is 14.6 Å². The number of carboxylic acids is 1. The topological polar surface area (TPSA) is 79.4 Å². The van der Waals surface area contributed by atoms with Crippen LogP contribution in [0.3, 0.4) is 0 Å². The van der Waals surface area contributed by atoms with E-state index in [2.05, 4.69) is 4.74 Å². The van der Waals surface area contributed by atoms with Crippen LogP contribution in [0.15, 0.2) is 10.9 Å². The summed E-state index contributed by atoms with van der Waals surface area (Å²) in [7, 11) is 0. The van der Waals surface area contributed by atoms with Crippen LogP contribution in [0, 0.1) is 0 Å². The lowest BCUT2D eigenvalue weighted by Gasteiger charge is -2.11. The summed E-state index contributed by atoms with van der Waals surface area (Å²) in [6.45, 7) is 0. The zero-order valence-corrected chi connectivity index (χ0v) is 8.92. The Kier molecular flexibility index (Phi) is 4.12. The maximum Gasteiger partial charge on any atom is 0.574 e. The van der Waals surface area contributed by atoms with Crippen molar-refractivity contribution in [3.63, 3.8) is 0 Å². The number of nitrogens with one attached hydrogen (secondary N) is 1. The van der Waals surface area contributed by atoms with Crippen LogP contribution in [0.4, 0.5) is 22.0 Å². The highest BCUT2D eigenvalue weighted by molar-refractivity contribution is 5.70. The molecule has 1 heterocycles. The first kappa shape index (κ1) is 14.9. The molecule has 0 bridgehead atoms. The van der Waals surface area contributed by atoms with Crippen LogP contribution < -0.4 is 10.3 Å². The SMILES string of the molecule is O=C(O)Cc1cc(OC(F)(F)F)[nH]c(=O)c1C(F)F. The second-order valence-corrected chi connectivity index (χ2v) is 3.32. The number of hydrogen-bond acceptors (Lipinski definition) is 3. The van der Waals surface area contributed by atoms with Gasteiger partial charge in [0.15, 0.2) is 0 Å². The van der Waals surface area contributed by atoms with Crippen molar-refractivity contribution < 1.29 is 36.6 Å². The molecule has 0 aliphatic carbocycles. The van der Waals surface area contributed by atoms with E-state index in [0.29, 0.717) is 6.07 Å². The van der Waals surface area contributed by atoms with Gasteiger partial charge in [-0.1, -0.05) is 0 Å². The van der Waals surface area contributed by atoms with Crippen LogP contribution in [0.25, 0.3) is 0 Å². The summed E-state index contributed by atoms with van der Waals surface area (Å²) in [5, 5.41) is 8.47. The minimum Gasteiger partial charge on any atom is -0.481 e. The van der Waals surface area contributed by atoms with Crippen molar-refractivity contribution in [1.82, 2.24) is 4.98 Å². The molecule has 1 rings (SSSR count). The van der Waals surface area contributed by atoms with E-state index < -0.39 is 47.7 Å². The first-order chi connectivity index (χ1) is 8.60. The third-order valence-corrected chi connectivity index (χ3v) is 1.92. The molecule has 0 amide bonds. The Bertz CT molecular complexity index is 536. The lowest BCUT2D eigenvalue weighted by atomic mass is 10.1.